The molecule has 0 fully saturated rings. The van der Waals surface area contributed by atoms with Gasteiger partial charge in [-0.05, 0) is 90.3 Å². The Balaban J connectivity index is 1.40. The van der Waals surface area contributed by atoms with Gasteiger partial charge in [-0.25, -0.2) is 0 Å². The Morgan fingerprint density at radius 2 is 0.907 bits per heavy atom. The van der Waals surface area contributed by atoms with Gasteiger partial charge in [-0.15, -0.1) is 0 Å². The summed E-state index contributed by atoms with van der Waals surface area (Å²) in [6.45, 7) is 2.15. The van der Waals surface area contributed by atoms with Crippen molar-refractivity contribution < 1.29 is 0 Å². The van der Waals surface area contributed by atoms with Crippen molar-refractivity contribution in [3.63, 3.8) is 0 Å². The molecular weight excluding hydrogens is 518 g/mol. The fourth-order valence-electron chi connectivity index (χ4n) is 6.62. The number of nitrogens with zero attached hydrogens (tertiary/aromatic N) is 1. The van der Waals surface area contributed by atoms with Crippen LogP contribution in [0, 0.1) is 6.92 Å². The Hall–Kier alpha value is -5.53. The average molecular weight is 548 g/mol. The summed E-state index contributed by atoms with van der Waals surface area (Å²) in [5.74, 6) is 0. The second-order valence-corrected chi connectivity index (χ2v) is 11.2. The van der Waals surface area contributed by atoms with Crippen LogP contribution in [0.4, 0.5) is 0 Å². The lowest BCUT2D eigenvalue weighted by Gasteiger charge is -2.20. The van der Waals surface area contributed by atoms with E-state index in [4.69, 9.17) is 0 Å². The topological polar surface area (TPSA) is 12.9 Å². The number of pyridine rings is 1. The molecule has 0 aliphatic heterocycles. The van der Waals surface area contributed by atoms with Gasteiger partial charge in [0.25, 0.3) is 0 Å². The van der Waals surface area contributed by atoms with Crippen LogP contribution in [0.5, 0.6) is 0 Å². The van der Waals surface area contributed by atoms with E-state index in [1.54, 1.807) is 0 Å². The first-order valence-electron chi connectivity index (χ1n) is 14.8. The smallest absolute Gasteiger partial charge is 0.0346 e. The number of fused-ring (bicyclic) bond motifs is 3. The van der Waals surface area contributed by atoms with Crippen LogP contribution in [-0.4, -0.2) is 4.98 Å². The van der Waals surface area contributed by atoms with E-state index in [0.717, 1.165) is 5.56 Å². The standard InChI is InChI=1S/C42H29N/c1-28-19-21-29(22-20-28)41-36-15-4-6-17-38(36)42(39-18-7-5-16-37(39)41)40-24-23-33(34-13-2-3-14-35(34)40)31-11-8-10-30(26-31)32-12-9-25-43-27-32/h2-27H,1H3. The van der Waals surface area contributed by atoms with Gasteiger partial charge in [0.15, 0.2) is 0 Å². The maximum Gasteiger partial charge on any atom is 0.0346 e. The predicted octanol–water partition coefficient (Wildman–Crippen LogP) is 11.5. The molecule has 0 atom stereocenters. The Kier molecular flexibility index (Phi) is 6.09. The highest BCUT2D eigenvalue weighted by Gasteiger charge is 2.19. The Morgan fingerprint density at radius 3 is 1.53 bits per heavy atom. The highest BCUT2D eigenvalue weighted by atomic mass is 14.6. The van der Waals surface area contributed by atoms with Crippen molar-refractivity contribution in [3.05, 3.63) is 164 Å². The molecule has 202 valence electrons. The molecule has 1 nitrogen and oxygen atoms in total. The summed E-state index contributed by atoms with van der Waals surface area (Å²) in [6, 6.07) is 53.1. The Bertz CT molecular complexity index is 2220. The van der Waals surface area contributed by atoms with Crippen molar-refractivity contribution in [2.75, 3.05) is 0 Å². The zero-order valence-corrected chi connectivity index (χ0v) is 24.0. The maximum absolute atomic E-state index is 4.34. The number of hydrogen-bond donors (Lipinski definition) is 0. The summed E-state index contributed by atoms with van der Waals surface area (Å²) < 4.78 is 0. The number of aromatic nitrogens is 1. The van der Waals surface area contributed by atoms with Crippen LogP contribution < -0.4 is 0 Å². The van der Waals surface area contributed by atoms with Crippen molar-refractivity contribution in [1.82, 2.24) is 4.98 Å². The van der Waals surface area contributed by atoms with Gasteiger partial charge in [-0.3, -0.25) is 4.98 Å². The van der Waals surface area contributed by atoms with Crippen LogP contribution in [0.2, 0.25) is 0 Å². The normalized spacial score (nSPS) is 11.4. The average Bonchev–Trinajstić information content (AvgIpc) is 3.08. The fraction of sp³-hybridized carbons (Fsp3) is 0.0238. The van der Waals surface area contributed by atoms with Gasteiger partial charge in [0, 0.05) is 18.0 Å². The molecule has 0 aliphatic carbocycles. The lowest BCUT2D eigenvalue weighted by atomic mass is 9.83. The van der Waals surface area contributed by atoms with E-state index < -0.39 is 0 Å². The first-order valence-corrected chi connectivity index (χ1v) is 14.8. The molecule has 0 aliphatic rings. The maximum atomic E-state index is 4.34. The lowest BCUT2D eigenvalue weighted by Crippen LogP contribution is -1.92. The third-order valence-corrected chi connectivity index (χ3v) is 8.63. The molecule has 8 rings (SSSR count). The highest BCUT2D eigenvalue weighted by Crippen LogP contribution is 2.46. The third-order valence-electron chi connectivity index (χ3n) is 8.63. The van der Waals surface area contributed by atoms with E-state index in [1.165, 1.54) is 76.8 Å². The number of hydrogen-bond acceptors (Lipinski definition) is 1. The lowest BCUT2D eigenvalue weighted by molar-refractivity contribution is 1.33. The first-order chi connectivity index (χ1) is 21.3. The summed E-state index contributed by atoms with van der Waals surface area (Å²) in [6.07, 6.45) is 3.75. The van der Waals surface area contributed by atoms with Gasteiger partial charge in [-0.1, -0.05) is 139 Å². The molecule has 0 saturated heterocycles. The molecule has 1 aromatic heterocycles. The zero-order valence-electron chi connectivity index (χ0n) is 24.0. The monoisotopic (exact) mass is 547 g/mol. The molecule has 0 N–H and O–H groups in total. The summed E-state index contributed by atoms with van der Waals surface area (Å²) in [7, 11) is 0. The minimum absolute atomic E-state index is 1.12. The van der Waals surface area contributed by atoms with E-state index >= 15 is 0 Å². The van der Waals surface area contributed by atoms with Crippen molar-refractivity contribution >= 4 is 32.3 Å². The van der Waals surface area contributed by atoms with Crippen LogP contribution in [-0.2, 0) is 0 Å². The molecule has 0 spiro atoms. The van der Waals surface area contributed by atoms with Crippen molar-refractivity contribution in [2.24, 2.45) is 0 Å². The number of rotatable bonds is 4. The van der Waals surface area contributed by atoms with Gasteiger partial charge in [-0.2, -0.15) is 0 Å². The minimum atomic E-state index is 1.12. The van der Waals surface area contributed by atoms with Crippen LogP contribution >= 0.6 is 0 Å². The number of benzene rings is 7. The van der Waals surface area contributed by atoms with Crippen molar-refractivity contribution in [2.45, 2.75) is 6.92 Å². The van der Waals surface area contributed by atoms with Crippen molar-refractivity contribution in [3.8, 4) is 44.5 Å². The molecule has 0 amide bonds. The quantitative estimate of drug-likeness (QED) is 0.200. The first kappa shape index (κ1) is 25.2. The van der Waals surface area contributed by atoms with E-state index in [2.05, 4.69) is 151 Å². The molecule has 0 radical (unpaired) electrons. The van der Waals surface area contributed by atoms with Gasteiger partial charge in [0.05, 0.1) is 0 Å². The molecule has 0 unspecified atom stereocenters. The van der Waals surface area contributed by atoms with Crippen LogP contribution in [0.3, 0.4) is 0 Å². The van der Waals surface area contributed by atoms with Gasteiger partial charge < -0.3 is 0 Å². The molecule has 8 aromatic rings. The molecule has 7 aromatic carbocycles. The van der Waals surface area contributed by atoms with Gasteiger partial charge in [0.2, 0.25) is 0 Å². The SMILES string of the molecule is Cc1ccc(-c2c3ccccc3c(-c3ccc(-c4cccc(-c5cccnc5)c4)c4ccccc34)c3ccccc23)cc1. The molecule has 1 heterocycles. The summed E-state index contributed by atoms with van der Waals surface area (Å²) in [4.78, 5) is 4.34. The molecule has 0 saturated carbocycles. The largest absolute Gasteiger partial charge is 0.264 e. The summed E-state index contributed by atoms with van der Waals surface area (Å²) >= 11 is 0. The second kappa shape index (κ2) is 10.4. The van der Waals surface area contributed by atoms with Crippen LogP contribution in [0.1, 0.15) is 5.56 Å². The fourth-order valence-corrected chi connectivity index (χ4v) is 6.62. The predicted molar refractivity (Wildman–Crippen MR) is 183 cm³/mol. The van der Waals surface area contributed by atoms with Gasteiger partial charge >= 0.3 is 0 Å². The van der Waals surface area contributed by atoms with E-state index in [-0.39, 0.29) is 0 Å². The van der Waals surface area contributed by atoms with Crippen molar-refractivity contribution in [1.29, 1.82) is 0 Å². The molecule has 43 heavy (non-hydrogen) atoms. The summed E-state index contributed by atoms with van der Waals surface area (Å²) in [5, 5.41) is 7.60. The third kappa shape index (κ3) is 4.29. The van der Waals surface area contributed by atoms with E-state index in [1.807, 2.05) is 18.5 Å². The highest BCUT2D eigenvalue weighted by molar-refractivity contribution is 6.24. The van der Waals surface area contributed by atoms with Gasteiger partial charge in [0.1, 0.15) is 0 Å². The molecule has 1 heteroatoms. The molecule has 0 bridgehead atoms. The zero-order chi connectivity index (χ0) is 28.8. The summed E-state index contributed by atoms with van der Waals surface area (Å²) in [5.41, 5.74) is 11.1. The van der Waals surface area contributed by atoms with E-state index in [9.17, 15) is 0 Å². The Morgan fingerprint density at radius 1 is 0.372 bits per heavy atom. The van der Waals surface area contributed by atoms with Crippen LogP contribution in [0.15, 0.2) is 158 Å². The second-order valence-electron chi connectivity index (χ2n) is 11.2. The molecular formula is C42H29N. The van der Waals surface area contributed by atoms with Crippen LogP contribution in [0.25, 0.3) is 76.8 Å². The van der Waals surface area contributed by atoms with E-state index in [0.29, 0.717) is 0 Å². The number of aryl methyl sites for hydroxylation is 1. The Labute approximate surface area is 251 Å². The minimum Gasteiger partial charge on any atom is -0.264 e.